The molecule has 3 nitrogen and oxygen atoms in total. The van der Waals surface area contributed by atoms with Crippen molar-refractivity contribution in [3.8, 4) is 0 Å². The number of hydrogen-bond acceptors (Lipinski definition) is 3. The fourth-order valence-electron chi connectivity index (χ4n) is 5.66. The molecule has 0 spiro atoms. The first-order chi connectivity index (χ1) is 16.0. The minimum atomic E-state index is -0.416. The molecule has 0 saturated carbocycles. The lowest BCUT2D eigenvalue weighted by atomic mass is 9.80. The molecule has 0 aromatic carbocycles. The number of hydrogen-bond donors (Lipinski definition) is 2. The number of nitrogens with one attached hydrogen (secondary N) is 1. The summed E-state index contributed by atoms with van der Waals surface area (Å²) in [5.74, 6) is 2.64. The summed E-state index contributed by atoms with van der Waals surface area (Å²) in [5, 5.41) is 15.1. The molecule has 2 N–H and O–H groups in total. The lowest BCUT2D eigenvalue weighted by molar-refractivity contribution is 0.138. The predicted molar refractivity (Wildman–Crippen MR) is 140 cm³/mol. The Balaban J connectivity index is 1.25. The highest BCUT2D eigenvalue weighted by atomic mass is 35.5. The molecule has 4 unspecified atom stereocenters. The van der Waals surface area contributed by atoms with E-state index in [0.29, 0.717) is 23.8 Å². The maximum atomic E-state index is 10.3. The zero-order chi connectivity index (χ0) is 23.2. The van der Waals surface area contributed by atoms with Crippen molar-refractivity contribution in [2.24, 2.45) is 29.6 Å². The first-order valence-corrected chi connectivity index (χ1v) is 13.3. The molecule has 4 heteroatoms. The van der Waals surface area contributed by atoms with Crippen LogP contribution in [-0.4, -0.2) is 48.3 Å². The second-order valence-electron chi connectivity index (χ2n) is 10.6. The first kappa shape index (κ1) is 24.7. The molecule has 0 radical (unpaired) electrons. The third-order valence-corrected chi connectivity index (χ3v) is 8.18. The van der Waals surface area contributed by atoms with E-state index < -0.39 is 6.10 Å². The first-order valence-electron chi connectivity index (χ1n) is 12.9. The quantitative estimate of drug-likeness (QED) is 0.485. The Labute approximate surface area is 205 Å². The summed E-state index contributed by atoms with van der Waals surface area (Å²) >= 11 is 6.11. The molecule has 180 valence electrons. The Kier molecular flexibility index (Phi) is 8.87. The molecule has 0 bridgehead atoms. The van der Waals surface area contributed by atoms with Crippen molar-refractivity contribution in [1.29, 1.82) is 0 Å². The summed E-state index contributed by atoms with van der Waals surface area (Å²) in [5.41, 5.74) is 1.25. The zero-order valence-corrected chi connectivity index (χ0v) is 21.0. The summed E-state index contributed by atoms with van der Waals surface area (Å²) in [6, 6.07) is 0.503. The molecule has 4 aliphatic rings. The number of aliphatic hydroxyl groups is 1. The normalized spacial score (nSPS) is 31.7. The molecule has 1 heterocycles. The van der Waals surface area contributed by atoms with Crippen LogP contribution in [-0.2, 0) is 0 Å². The summed E-state index contributed by atoms with van der Waals surface area (Å²) < 4.78 is 0. The van der Waals surface area contributed by atoms with Crippen LogP contribution in [0.5, 0.6) is 0 Å². The van der Waals surface area contributed by atoms with Gasteiger partial charge in [-0.3, -0.25) is 0 Å². The summed E-state index contributed by atoms with van der Waals surface area (Å²) in [7, 11) is 0. The van der Waals surface area contributed by atoms with Gasteiger partial charge in [-0.25, -0.2) is 0 Å². The van der Waals surface area contributed by atoms with Gasteiger partial charge >= 0.3 is 0 Å². The minimum Gasteiger partial charge on any atom is -0.388 e. The van der Waals surface area contributed by atoms with Gasteiger partial charge in [0.2, 0.25) is 0 Å². The summed E-state index contributed by atoms with van der Waals surface area (Å²) in [6.07, 6.45) is 25.8. The Hall–Kier alpha value is -1.39. The van der Waals surface area contributed by atoms with Crippen molar-refractivity contribution in [2.45, 2.75) is 51.7 Å². The van der Waals surface area contributed by atoms with Crippen LogP contribution in [0.4, 0.5) is 0 Å². The average Bonchev–Trinajstić information content (AvgIpc) is 2.83. The predicted octanol–water partition coefficient (Wildman–Crippen LogP) is 5.62. The van der Waals surface area contributed by atoms with Gasteiger partial charge in [-0.1, -0.05) is 80.1 Å². The lowest BCUT2D eigenvalue weighted by Gasteiger charge is -2.38. The minimum absolute atomic E-state index is 0.0850. The number of aliphatic hydroxyl groups excluding tert-OH is 1. The number of piperidine rings is 1. The molecule has 0 amide bonds. The fraction of sp³-hybridized carbons (Fsp3) is 0.586. The average molecular weight is 469 g/mol. The fourth-order valence-corrected chi connectivity index (χ4v) is 5.82. The molecule has 4 rings (SSSR count). The van der Waals surface area contributed by atoms with E-state index >= 15 is 0 Å². The van der Waals surface area contributed by atoms with Gasteiger partial charge in [0.25, 0.3) is 0 Å². The third kappa shape index (κ3) is 6.82. The highest BCUT2D eigenvalue weighted by molar-refractivity contribution is 6.31. The Morgan fingerprint density at radius 1 is 1.09 bits per heavy atom. The maximum absolute atomic E-state index is 10.3. The van der Waals surface area contributed by atoms with Gasteiger partial charge in [-0.15, -0.1) is 0 Å². The molecule has 0 aromatic heterocycles. The number of halogens is 1. The molecular weight excluding hydrogens is 428 g/mol. The molecule has 3 aliphatic carbocycles. The monoisotopic (exact) mass is 468 g/mol. The Morgan fingerprint density at radius 2 is 1.88 bits per heavy atom. The van der Waals surface area contributed by atoms with Crippen molar-refractivity contribution >= 4 is 11.6 Å². The van der Waals surface area contributed by atoms with Gasteiger partial charge in [-0.2, -0.15) is 0 Å². The number of nitrogens with zero attached hydrogens (tertiary/aromatic N) is 1. The smallest absolute Gasteiger partial charge is 0.0827 e. The number of rotatable bonds is 8. The lowest BCUT2D eigenvalue weighted by Crippen LogP contribution is -2.48. The van der Waals surface area contributed by atoms with Gasteiger partial charge in [0.15, 0.2) is 0 Å². The SMILES string of the molecule is CC(C)[C@H](CN1CCC(C2C=CC(Cl)=CC2)CC1)NCC1C=C(C2C=CC=CC2O)C=CC1. The largest absolute Gasteiger partial charge is 0.388 e. The molecule has 1 saturated heterocycles. The van der Waals surface area contributed by atoms with Crippen molar-refractivity contribution < 1.29 is 5.11 Å². The van der Waals surface area contributed by atoms with Crippen molar-refractivity contribution in [3.05, 3.63) is 71.4 Å². The number of allylic oxidation sites excluding steroid dienone is 8. The van der Waals surface area contributed by atoms with E-state index in [1.165, 1.54) is 31.5 Å². The van der Waals surface area contributed by atoms with Crippen LogP contribution < -0.4 is 5.32 Å². The number of likely N-dealkylation sites (tertiary alicyclic amines) is 1. The van der Waals surface area contributed by atoms with E-state index in [0.717, 1.165) is 36.9 Å². The molecule has 0 aromatic rings. The summed E-state index contributed by atoms with van der Waals surface area (Å²) in [6.45, 7) is 9.20. The van der Waals surface area contributed by atoms with Crippen LogP contribution in [0.15, 0.2) is 71.4 Å². The van der Waals surface area contributed by atoms with Crippen LogP contribution in [0.1, 0.15) is 39.5 Å². The van der Waals surface area contributed by atoms with Gasteiger partial charge in [-0.05, 0) is 74.1 Å². The van der Waals surface area contributed by atoms with E-state index in [2.05, 4.69) is 66.6 Å². The Bertz CT molecular complexity index is 829. The van der Waals surface area contributed by atoms with Gasteiger partial charge in [0.1, 0.15) is 0 Å². The van der Waals surface area contributed by atoms with Crippen LogP contribution in [0, 0.1) is 29.6 Å². The molecule has 1 aliphatic heterocycles. The highest BCUT2D eigenvalue weighted by Crippen LogP contribution is 2.32. The zero-order valence-electron chi connectivity index (χ0n) is 20.2. The second-order valence-corrected chi connectivity index (χ2v) is 11.0. The van der Waals surface area contributed by atoms with Crippen molar-refractivity contribution in [1.82, 2.24) is 10.2 Å². The highest BCUT2D eigenvalue weighted by Gasteiger charge is 2.28. The van der Waals surface area contributed by atoms with E-state index in [-0.39, 0.29) is 5.92 Å². The topological polar surface area (TPSA) is 35.5 Å². The molecule has 5 atom stereocenters. The van der Waals surface area contributed by atoms with Gasteiger partial charge < -0.3 is 15.3 Å². The van der Waals surface area contributed by atoms with Crippen molar-refractivity contribution in [3.63, 3.8) is 0 Å². The van der Waals surface area contributed by atoms with E-state index in [4.69, 9.17) is 11.6 Å². The van der Waals surface area contributed by atoms with Crippen LogP contribution in [0.25, 0.3) is 0 Å². The van der Waals surface area contributed by atoms with E-state index in [1.54, 1.807) is 0 Å². The standard InChI is InChI=1S/C29H41ClN2O/c1-21(2)28(20-32-16-14-24(15-17-32)23-10-12-26(30)13-11-23)31-19-22-6-5-7-25(18-22)27-8-3-4-9-29(27)33/h3-5,7-10,12-13,18,21-24,27-29,31,33H,6,11,14-17,19-20H2,1-2H3/t22?,23?,27?,28-,29?/m0/s1. The molecule has 1 fully saturated rings. The molecule has 33 heavy (non-hydrogen) atoms. The maximum Gasteiger partial charge on any atom is 0.0827 e. The summed E-state index contributed by atoms with van der Waals surface area (Å²) in [4.78, 5) is 2.67. The van der Waals surface area contributed by atoms with Crippen molar-refractivity contribution in [2.75, 3.05) is 26.2 Å². The third-order valence-electron chi connectivity index (χ3n) is 7.90. The van der Waals surface area contributed by atoms with Crippen LogP contribution in [0.3, 0.4) is 0 Å². The van der Waals surface area contributed by atoms with Gasteiger partial charge in [0, 0.05) is 30.1 Å². The second kappa shape index (κ2) is 11.8. The van der Waals surface area contributed by atoms with E-state index in [9.17, 15) is 5.11 Å². The van der Waals surface area contributed by atoms with E-state index in [1.807, 2.05) is 18.2 Å². The molecular formula is C29H41ClN2O. The van der Waals surface area contributed by atoms with Crippen LogP contribution in [0.2, 0.25) is 0 Å². The van der Waals surface area contributed by atoms with Gasteiger partial charge in [0.05, 0.1) is 6.10 Å². The Morgan fingerprint density at radius 3 is 2.58 bits per heavy atom. The van der Waals surface area contributed by atoms with Crippen LogP contribution >= 0.6 is 11.6 Å².